The number of amides is 19. The molecule has 704 valence electrons. The van der Waals surface area contributed by atoms with Crippen LogP contribution in [0.5, 0.6) is 0 Å². The fraction of sp³-hybridized carbons (Fsp3) is 0.750. The number of hydrogen-bond donors (Lipinski definition) is 16. The predicted octanol–water partition coefficient (Wildman–Crippen LogP) is -12.3. The number of carboxylic acids is 1. The molecular formula is C80H116N20O27S. The number of rotatable bonds is 28. The lowest BCUT2D eigenvalue weighted by Gasteiger charge is -2.32. The summed E-state index contributed by atoms with van der Waals surface area (Å²) < 4.78 is 0. The first-order chi connectivity index (χ1) is 61.1. The van der Waals surface area contributed by atoms with Gasteiger partial charge in [-0.1, -0.05) is 0 Å². The van der Waals surface area contributed by atoms with Gasteiger partial charge in [0.2, 0.25) is 112 Å². The molecule has 13 aliphatic heterocycles. The largest absolute Gasteiger partial charge is 0.480 e. The molecule has 19 amide bonds. The van der Waals surface area contributed by atoms with E-state index in [9.17, 15) is 132 Å². The fourth-order valence-corrected chi connectivity index (χ4v) is 20.8. The molecule has 0 unspecified atom stereocenters. The molecule has 13 aliphatic rings. The van der Waals surface area contributed by atoms with Crippen LogP contribution in [0.15, 0.2) is 0 Å². The first kappa shape index (κ1) is 95.1. The van der Waals surface area contributed by atoms with E-state index in [0.29, 0.717) is 51.5 Å². The number of carbonyl (C=O) groups excluding carboxylic acids is 19. The van der Waals surface area contributed by atoms with Crippen molar-refractivity contribution in [2.75, 3.05) is 130 Å². The van der Waals surface area contributed by atoms with Gasteiger partial charge in [0.05, 0.1) is 81.9 Å². The molecule has 13 fully saturated rings. The van der Waals surface area contributed by atoms with Crippen molar-refractivity contribution >= 4 is 131 Å². The highest BCUT2D eigenvalue weighted by Gasteiger charge is 2.53. The van der Waals surface area contributed by atoms with Gasteiger partial charge in [0.15, 0.2) is 0 Å². The van der Waals surface area contributed by atoms with E-state index in [0.717, 1.165) is 30.9 Å². The topological polar surface area (TPSA) is 618 Å². The molecule has 47 nitrogen and oxygen atoms in total. The summed E-state index contributed by atoms with van der Waals surface area (Å²) >= 11 is 4.25. The number of carbonyl (C=O) groups is 20. The highest BCUT2D eigenvalue weighted by molar-refractivity contribution is 7.80. The van der Waals surface area contributed by atoms with Gasteiger partial charge in [0.25, 0.3) is 0 Å². The Balaban J connectivity index is 0.533. The summed E-state index contributed by atoms with van der Waals surface area (Å²) in [4.78, 5) is 289. The number of likely N-dealkylation sites (tertiary alicyclic amines) is 12. The van der Waals surface area contributed by atoms with Crippen LogP contribution in [-0.2, 0) is 95.9 Å². The van der Waals surface area contributed by atoms with E-state index in [1.807, 2.05) is 0 Å². The van der Waals surface area contributed by atoms with Crippen molar-refractivity contribution in [1.82, 2.24) is 101 Å². The van der Waals surface area contributed by atoms with Gasteiger partial charge in [-0.25, -0.2) is 4.79 Å². The first-order valence-electron chi connectivity index (χ1n) is 44.3. The second-order valence-corrected chi connectivity index (χ2v) is 35.7. The molecule has 13 saturated heterocycles. The third-order valence-corrected chi connectivity index (χ3v) is 27.4. The predicted molar refractivity (Wildman–Crippen MR) is 438 cm³/mol. The van der Waals surface area contributed by atoms with Crippen molar-refractivity contribution in [3.05, 3.63) is 0 Å². The third-order valence-electron chi connectivity index (χ3n) is 27.0. The molecule has 15 N–H and O–H groups in total. The van der Waals surface area contributed by atoms with Crippen LogP contribution >= 0.6 is 12.6 Å². The summed E-state index contributed by atoms with van der Waals surface area (Å²) in [5.41, 5.74) is 0. The van der Waals surface area contributed by atoms with E-state index >= 15 is 0 Å². The van der Waals surface area contributed by atoms with E-state index in [-0.39, 0.29) is 167 Å². The molecule has 0 aromatic heterocycles. The minimum atomic E-state index is -1.34. The molecule has 0 aromatic rings. The van der Waals surface area contributed by atoms with Gasteiger partial charge < -0.3 is 137 Å². The second-order valence-electron chi connectivity index (χ2n) is 35.4. The highest BCUT2D eigenvalue weighted by Crippen LogP contribution is 2.34. The van der Waals surface area contributed by atoms with Crippen LogP contribution in [-0.4, -0.2) is 464 Å². The molecule has 0 radical (unpaired) electrons. The zero-order valence-corrected chi connectivity index (χ0v) is 71.8. The number of thiol groups is 1. The van der Waals surface area contributed by atoms with Crippen LogP contribution in [0.2, 0.25) is 0 Å². The van der Waals surface area contributed by atoms with E-state index < -0.39 is 273 Å². The standard InChI is InChI=1S/C80H116N20O27S/c101-41-22-55(95(34-41)74(120)47-8-1-15-81-47)68(114)83-29-61(107)89-16-2-9-49(89)73(119)88-48(40-128)67(113)82-28-62(108)90-17-3-10-50(90)75(121)96-35-42(102)23-56(96)69(115)84-30-63(109)91-18-4-11-51(91)76(122)97-36-43(103)24-57(97)70(116)85-31-64(110)92-19-5-12-52(92)77(123)98-37-44(104)25-58(98)71(117)86-32-65(111)93-20-6-13-53(93)78(124)99-38-45(105)26-59(99)72(118)87-33-66(112)94-21-7-14-54(94)79(125)100-39-46(106)27-60(100)80(126)127/h41-60,81,101-106,128H,1-40H2,(H,82,113)(H,83,114)(H,84,115)(H,85,116)(H,86,117)(H,87,118)(H,88,119)(H,126,127)/t41-,42-,43-,44-,45-,46-,47+,48+,49+,50+,51+,52+,53+,54+,55+,56+,57+,58+,59+,60+/m1/s1. The minimum Gasteiger partial charge on any atom is -0.480 e. The normalized spacial score (nSPS) is 30.6. The van der Waals surface area contributed by atoms with Crippen molar-refractivity contribution in [2.45, 2.75) is 250 Å². The van der Waals surface area contributed by atoms with Crippen molar-refractivity contribution in [2.24, 2.45) is 0 Å². The summed E-state index contributed by atoms with van der Waals surface area (Å²) in [6.45, 7) is -4.20. The summed E-state index contributed by atoms with van der Waals surface area (Å²) in [6, 6.07) is -16.1. The molecule has 128 heavy (non-hydrogen) atoms. The number of aliphatic hydroxyl groups is 6. The van der Waals surface area contributed by atoms with Crippen LogP contribution in [0.4, 0.5) is 0 Å². The Bertz CT molecular complexity index is 4340. The summed E-state index contributed by atoms with van der Waals surface area (Å²) in [6.07, 6.45) is -3.51. The highest BCUT2D eigenvalue weighted by atomic mass is 32.1. The smallest absolute Gasteiger partial charge is 0.326 e. The Labute approximate surface area is 740 Å². The van der Waals surface area contributed by atoms with E-state index in [4.69, 9.17) is 0 Å². The zero-order valence-electron chi connectivity index (χ0n) is 70.9. The molecule has 13 heterocycles. The van der Waals surface area contributed by atoms with Crippen molar-refractivity contribution < 1.29 is 132 Å². The third kappa shape index (κ3) is 21.0. The number of nitrogens with one attached hydrogen (secondary N) is 8. The van der Waals surface area contributed by atoms with E-state index in [1.54, 1.807) is 0 Å². The summed E-state index contributed by atoms with van der Waals surface area (Å²) in [5.74, 6) is -14.9. The van der Waals surface area contributed by atoms with Crippen molar-refractivity contribution in [3.8, 4) is 0 Å². The quantitative estimate of drug-likeness (QED) is 0.0324. The molecule has 13 rings (SSSR count). The number of β-amino-alcohol motifs (C(OH)–C–C–N with tert-alkyl or cyclic N) is 6. The maximum Gasteiger partial charge on any atom is 0.326 e. The van der Waals surface area contributed by atoms with Gasteiger partial charge in [-0.3, -0.25) is 91.1 Å². The average Bonchev–Trinajstić information content (AvgIpc) is 1.63. The van der Waals surface area contributed by atoms with Crippen LogP contribution < -0.4 is 42.5 Å². The number of aliphatic hydroxyl groups excluding tert-OH is 6. The number of aliphatic carboxylic acids is 1. The van der Waals surface area contributed by atoms with Gasteiger partial charge in [-0.05, 0) is 96.4 Å². The first-order valence-corrected chi connectivity index (χ1v) is 45.0. The minimum absolute atomic E-state index is 0.0160. The maximum atomic E-state index is 14.5. The van der Waals surface area contributed by atoms with E-state index in [2.05, 4.69) is 55.2 Å². The zero-order chi connectivity index (χ0) is 92.0. The maximum absolute atomic E-state index is 14.5. The fourth-order valence-electron chi connectivity index (χ4n) is 20.6. The number of nitrogens with zero attached hydrogens (tertiary/aromatic N) is 12. The molecule has 0 saturated carbocycles. The van der Waals surface area contributed by atoms with Crippen LogP contribution in [0.1, 0.15) is 128 Å². The Morgan fingerprint density at radius 3 is 0.766 bits per heavy atom. The summed E-state index contributed by atoms with van der Waals surface area (Å²) in [7, 11) is 0. The average molecular weight is 1820 g/mol. The number of hydrogen-bond acceptors (Lipinski definition) is 28. The molecule has 0 aliphatic carbocycles. The van der Waals surface area contributed by atoms with E-state index in [1.165, 1.54) is 34.3 Å². The van der Waals surface area contributed by atoms with Gasteiger partial charge in [0.1, 0.15) is 78.5 Å². The molecule has 0 spiro atoms. The van der Waals surface area contributed by atoms with Gasteiger partial charge in [0, 0.05) is 123 Å². The molecular weight excluding hydrogens is 1710 g/mol. The van der Waals surface area contributed by atoms with Crippen molar-refractivity contribution in [3.63, 3.8) is 0 Å². The summed E-state index contributed by atoms with van der Waals surface area (Å²) in [5, 5.41) is 94.3. The molecule has 0 aromatic carbocycles. The van der Waals surface area contributed by atoms with Gasteiger partial charge in [-0.15, -0.1) is 0 Å². The molecule has 48 heteroatoms. The van der Waals surface area contributed by atoms with Crippen LogP contribution in [0, 0.1) is 0 Å². The Morgan fingerprint density at radius 1 is 0.281 bits per heavy atom. The van der Waals surface area contributed by atoms with Crippen LogP contribution in [0.3, 0.4) is 0 Å². The monoisotopic (exact) mass is 1820 g/mol. The lowest BCUT2D eigenvalue weighted by atomic mass is 10.1. The second kappa shape index (κ2) is 41.5. The Kier molecular flexibility index (Phi) is 30.8. The molecule has 20 atom stereocenters. The van der Waals surface area contributed by atoms with Crippen LogP contribution in [0.25, 0.3) is 0 Å². The SMILES string of the molecule is O=C(NCC(=O)N1CCC[C@H]1C(=O)N1C[C@H](O)C[C@H]1C(=O)NCC(=O)N1CCC[C@H]1C(=O)N1C[C@H](O)C[C@H]1C(=O)NCC(=O)N1CCC[C@H]1C(=O)N1C[C@H](O)C[C@H]1C(=O)NCC(=O)N1CCC[C@H]1C(=O)N1C[C@H](O)C[C@H]1C(=O)NCC(=O)N1CCC[C@H]1C(=O)N1C[C@H](O)C[C@H]1C(=O)O)[C@H](CS)NC(=O)[C@@H]1CCCN1C(=O)CNC(=O)[C@@H]1C[C@@H](O)CN1C(=O)[C@@H]1CCCN1. The Hall–Kier alpha value is -10.5. The Morgan fingerprint density at radius 2 is 0.516 bits per heavy atom. The van der Waals surface area contributed by atoms with Gasteiger partial charge in [-0.2, -0.15) is 12.6 Å². The van der Waals surface area contributed by atoms with Gasteiger partial charge >= 0.3 is 5.97 Å². The number of carboxylic acid groups (broad SMARTS) is 1. The van der Waals surface area contributed by atoms with Crippen molar-refractivity contribution in [1.29, 1.82) is 0 Å². The molecule has 0 bridgehead atoms. The lowest BCUT2D eigenvalue weighted by molar-refractivity contribution is -0.151. The lowest BCUT2D eigenvalue weighted by Crippen LogP contribution is -2.57.